The van der Waals surface area contributed by atoms with Crippen LogP contribution in [0.2, 0.25) is 0 Å². The fourth-order valence-corrected chi connectivity index (χ4v) is 4.18. The van der Waals surface area contributed by atoms with E-state index in [0.29, 0.717) is 28.1 Å². The van der Waals surface area contributed by atoms with E-state index in [1.807, 2.05) is 10.7 Å². The van der Waals surface area contributed by atoms with Crippen molar-refractivity contribution in [3.05, 3.63) is 78.4 Å². The molecule has 0 saturated heterocycles. The monoisotopic (exact) mass is 450 g/mol. The molecule has 4 aromatic rings. The van der Waals surface area contributed by atoms with Gasteiger partial charge in [-0.05, 0) is 73.4 Å². The van der Waals surface area contributed by atoms with Crippen molar-refractivity contribution < 1.29 is 23.4 Å². The van der Waals surface area contributed by atoms with E-state index in [2.05, 4.69) is 0 Å². The summed E-state index contributed by atoms with van der Waals surface area (Å²) in [5.41, 5.74) is 3.01. The zero-order valence-corrected chi connectivity index (χ0v) is 17.5. The molecule has 1 heterocycles. The van der Waals surface area contributed by atoms with E-state index in [0.717, 1.165) is 37.0 Å². The number of phenols is 2. The number of aromatic hydroxyl groups is 2. The summed E-state index contributed by atoms with van der Waals surface area (Å²) >= 11 is 0. The highest BCUT2D eigenvalue weighted by molar-refractivity contribution is 5.93. The van der Waals surface area contributed by atoms with Crippen LogP contribution in [0.3, 0.4) is 0 Å². The smallest absolute Gasteiger partial charge is 0.416 e. The molecule has 4 nitrogen and oxygen atoms in total. The number of aromatic nitrogens is 2. The van der Waals surface area contributed by atoms with E-state index >= 15 is 0 Å². The highest BCUT2D eigenvalue weighted by Crippen LogP contribution is 2.47. The molecule has 1 saturated carbocycles. The van der Waals surface area contributed by atoms with Crippen LogP contribution in [0, 0.1) is 0 Å². The van der Waals surface area contributed by atoms with Crippen LogP contribution in [0.5, 0.6) is 11.5 Å². The van der Waals surface area contributed by atoms with Crippen molar-refractivity contribution in [3.8, 4) is 45.1 Å². The van der Waals surface area contributed by atoms with Gasteiger partial charge in [-0.25, -0.2) is 0 Å². The van der Waals surface area contributed by atoms with Crippen molar-refractivity contribution in [2.75, 3.05) is 0 Å². The lowest BCUT2D eigenvalue weighted by atomic mass is 9.91. The minimum absolute atomic E-state index is 0.0726. The quantitative estimate of drug-likeness (QED) is 0.351. The lowest BCUT2D eigenvalue weighted by molar-refractivity contribution is -0.137. The van der Waals surface area contributed by atoms with E-state index in [4.69, 9.17) is 5.10 Å². The molecular weight excluding hydrogens is 429 g/mol. The molecule has 1 aliphatic rings. The molecule has 0 unspecified atom stereocenters. The lowest BCUT2D eigenvalue weighted by Gasteiger charge is -2.28. The molecule has 0 amide bonds. The summed E-state index contributed by atoms with van der Waals surface area (Å²) in [5, 5.41) is 25.3. The van der Waals surface area contributed by atoms with Gasteiger partial charge in [-0.2, -0.15) is 18.3 Å². The van der Waals surface area contributed by atoms with E-state index < -0.39 is 11.7 Å². The molecule has 0 radical (unpaired) electrons. The zero-order valence-electron chi connectivity index (χ0n) is 17.5. The summed E-state index contributed by atoms with van der Waals surface area (Å²) in [6.45, 7) is 0. The number of nitrogens with zero attached hydrogens (tertiary/aromatic N) is 2. The molecule has 0 atom stereocenters. The van der Waals surface area contributed by atoms with Crippen molar-refractivity contribution in [1.82, 2.24) is 9.78 Å². The molecular formula is C26H21F3N2O2. The summed E-state index contributed by atoms with van der Waals surface area (Å²) in [4.78, 5) is 0. The second-order valence-electron chi connectivity index (χ2n) is 8.24. The number of benzene rings is 3. The largest absolute Gasteiger partial charge is 0.508 e. The average Bonchev–Trinajstić information content (AvgIpc) is 3.12. The number of alkyl halides is 3. The van der Waals surface area contributed by atoms with Gasteiger partial charge >= 0.3 is 6.18 Å². The van der Waals surface area contributed by atoms with Gasteiger partial charge in [0.2, 0.25) is 0 Å². The standard InChI is InChI=1S/C26H21F3N2O2/c27-26(28,29)18-12-8-16(9-13-18)23-24(17-10-14-20(32)15-11-17)30-31(19-4-3-5-19)25(23)21-6-1-2-7-22(21)33/h1-2,6-15,19,32-33H,3-5H2. The number of phenolic OH excluding ortho intramolecular Hbond substituents is 2. The van der Waals surface area contributed by atoms with Gasteiger partial charge in [0, 0.05) is 16.7 Å². The molecule has 0 spiro atoms. The van der Waals surface area contributed by atoms with Crippen LogP contribution in [-0.4, -0.2) is 20.0 Å². The Hall–Kier alpha value is -3.74. The number of rotatable bonds is 4. The van der Waals surface area contributed by atoms with Crippen molar-refractivity contribution in [2.24, 2.45) is 0 Å². The third-order valence-corrected chi connectivity index (χ3v) is 6.13. The Morgan fingerprint density at radius 3 is 2.03 bits per heavy atom. The van der Waals surface area contributed by atoms with Gasteiger partial charge in [0.15, 0.2) is 0 Å². The van der Waals surface area contributed by atoms with Gasteiger partial charge in [-0.15, -0.1) is 0 Å². The van der Waals surface area contributed by atoms with Crippen LogP contribution in [-0.2, 0) is 6.18 Å². The molecule has 168 valence electrons. The summed E-state index contributed by atoms with van der Waals surface area (Å²) in [7, 11) is 0. The van der Waals surface area contributed by atoms with Crippen LogP contribution in [0.1, 0.15) is 30.9 Å². The molecule has 33 heavy (non-hydrogen) atoms. The third kappa shape index (κ3) is 3.84. The van der Waals surface area contributed by atoms with Crippen molar-refractivity contribution in [3.63, 3.8) is 0 Å². The summed E-state index contributed by atoms with van der Waals surface area (Å²) in [6.07, 6.45) is -1.50. The number of hydrogen-bond donors (Lipinski definition) is 2. The first-order valence-corrected chi connectivity index (χ1v) is 10.7. The molecule has 1 aromatic heterocycles. The first-order chi connectivity index (χ1) is 15.8. The SMILES string of the molecule is Oc1ccc(-c2nn(C3CCC3)c(-c3ccccc3O)c2-c2ccc(C(F)(F)F)cc2)cc1. The Morgan fingerprint density at radius 1 is 0.818 bits per heavy atom. The maximum atomic E-state index is 13.2. The van der Waals surface area contributed by atoms with Gasteiger partial charge in [0.05, 0.1) is 17.3 Å². The maximum Gasteiger partial charge on any atom is 0.416 e. The second kappa shape index (κ2) is 7.99. The van der Waals surface area contributed by atoms with Crippen molar-refractivity contribution in [1.29, 1.82) is 0 Å². The minimum Gasteiger partial charge on any atom is -0.508 e. The van der Waals surface area contributed by atoms with E-state index in [-0.39, 0.29) is 17.5 Å². The van der Waals surface area contributed by atoms with Crippen molar-refractivity contribution in [2.45, 2.75) is 31.5 Å². The fraction of sp³-hybridized carbons (Fsp3) is 0.192. The lowest BCUT2D eigenvalue weighted by Crippen LogP contribution is -2.19. The molecule has 1 fully saturated rings. The Morgan fingerprint density at radius 2 is 1.45 bits per heavy atom. The first kappa shape index (κ1) is 21.1. The summed E-state index contributed by atoms with van der Waals surface area (Å²) < 4.78 is 41.5. The van der Waals surface area contributed by atoms with Gasteiger partial charge in [-0.1, -0.05) is 24.3 Å². The topological polar surface area (TPSA) is 58.3 Å². The number of hydrogen-bond acceptors (Lipinski definition) is 3. The van der Waals surface area contributed by atoms with Gasteiger partial charge in [0.25, 0.3) is 0 Å². The van der Waals surface area contributed by atoms with Gasteiger partial charge < -0.3 is 10.2 Å². The highest BCUT2D eigenvalue weighted by atomic mass is 19.4. The van der Waals surface area contributed by atoms with E-state index in [1.165, 1.54) is 12.1 Å². The Bertz CT molecular complexity index is 1290. The maximum absolute atomic E-state index is 13.2. The minimum atomic E-state index is -4.44. The van der Waals surface area contributed by atoms with Gasteiger partial charge in [-0.3, -0.25) is 4.68 Å². The first-order valence-electron chi connectivity index (χ1n) is 10.7. The van der Waals surface area contributed by atoms with Crippen molar-refractivity contribution >= 4 is 0 Å². The van der Waals surface area contributed by atoms with Crippen LogP contribution >= 0.6 is 0 Å². The number of para-hydroxylation sites is 1. The predicted molar refractivity (Wildman–Crippen MR) is 120 cm³/mol. The predicted octanol–water partition coefficient (Wildman–Crippen LogP) is 7.04. The Kier molecular flexibility index (Phi) is 5.12. The third-order valence-electron chi connectivity index (χ3n) is 6.13. The molecule has 2 N–H and O–H groups in total. The van der Waals surface area contributed by atoms with Crippen LogP contribution in [0.4, 0.5) is 13.2 Å². The van der Waals surface area contributed by atoms with Crippen LogP contribution in [0.25, 0.3) is 33.6 Å². The van der Waals surface area contributed by atoms with E-state index in [9.17, 15) is 23.4 Å². The van der Waals surface area contributed by atoms with E-state index in [1.54, 1.807) is 42.5 Å². The Labute approximate surface area is 188 Å². The second-order valence-corrected chi connectivity index (χ2v) is 8.24. The van der Waals surface area contributed by atoms with Crippen LogP contribution in [0.15, 0.2) is 72.8 Å². The molecule has 1 aliphatic carbocycles. The summed E-state index contributed by atoms with van der Waals surface area (Å²) in [6, 6.07) is 18.6. The fourth-order valence-electron chi connectivity index (χ4n) is 4.18. The molecule has 7 heteroatoms. The van der Waals surface area contributed by atoms with Crippen LogP contribution < -0.4 is 0 Å². The van der Waals surface area contributed by atoms with Gasteiger partial charge in [0.1, 0.15) is 17.2 Å². The average molecular weight is 450 g/mol. The molecule has 3 aromatic carbocycles. The highest BCUT2D eigenvalue weighted by Gasteiger charge is 2.32. The number of halogens is 3. The molecule has 0 bridgehead atoms. The molecule has 5 rings (SSSR count). The zero-order chi connectivity index (χ0) is 23.2. The molecule has 0 aliphatic heterocycles. The summed E-state index contributed by atoms with van der Waals surface area (Å²) in [5.74, 6) is 0.178. The normalized spacial score (nSPS) is 14.3. The Balaban J connectivity index is 1.80.